The van der Waals surface area contributed by atoms with Crippen LogP contribution >= 0.6 is 0 Å². The summed E-state index contributed by atoms with van der Waals surface area (Å²) in [5.74, 6) is 0.440. The van der Waals surface area contributed by atoms with Crippen LogP contribution in [0.4, 0.5) is 10.5 Å². The van der Waals surface area contributed by atoms with E-state index in [9.17, 15) is 14.4 Å². The molecule has 1 aliphatic rings. The quantitative estimate of drug-likeness (QED) is 0.185. The van der Waals surface area contributed by atoms with Gasteiger partial charge in [-0.25, -0.2) is 4.79 Å². The van der Waals surface area contributed by atoms with Crippen molar-refractivity contribution in [2.24, 2.45) is 0 Å². The van der Waals surface area contributed by atoms with Crippen molar-refractivity contribution in [2.75, 3.05) is 38.3 Å². The minimum Gasteiger partial charge on any atom is -0.497 e. The number of methoxy groups -OCH3 is 1. The molecular weight excluding hydrogens is 608 g/mol. The largest absolute Gasteiger partial charge is 0.497 e. The van der Waals surface area contributed by atoms with Crippen molar-refractivity contribution in [1.82, 2.24) is 4.90 Å². The maximum atomic E-state index is 14.2. The third-order valence-electron chi connectivity index (χ3n) is 8.51. The van der Waals surface area contributed by atoms with Crippen molar-refractivity contribution < 1.29 is 33.3 Å². The van der Waals surface area contributed by atoms with E-state index in [2.05, 4.69) is 24.3 Å². The lowest BCUT2D eigenvalue weighted by molar-refractivity contribution is -0.141. The van der Waals surface area contributed by atoms with Gasteiger partial charge in [0.05, 0.1) is 24.9 Å². The van der Waals surface area contributed by atoms with Gasteiger partial charge in [0.25, 0.3) is 5.91 Å². The van der Waals surface area contributed by atoms with E-state index >= 15 is 0 Å². The molecule has 3 aromatic rings. The molecule has 0 saturated carbocycles. The number of carbonyl (C=O) groups excluding carboxylic acids is 3. The summed E-state index contributed by atoms with van der Waals surface area (Å²) in [6.45, 7) is 13.6. The molecular formula is C39H50N2O7. The lowest BCUT2D eigenvalue weighted by Gasteiger charge is -2.38. The van der Waals surface area contributed by atoms with Gasteiger partial charge in [-0.15, -0.1) is 0 Å². The average molecular weight is 659 g/mol. The van der Waals surface area contributed by atoms with Gasteiger partial charge in [0.2, 0.25) is 0 Å². The Morgan fingerprint density at radius 2 is 1.54 bits per heavy atom. The number of aryl methyl sites for hydroxylation is 1. The summed E-state index contributed by atoms with van der Waals surface area (Å²) in [6, 6.07) is 21.0. The Morgan fingerprint density at radius 1 is 0.875 bits per heavy atom. The highest BCUT2D eigenvalue weighted by Gasteiger charge is 2.34. The van der Waals surface area contributed by atoms with E-state index < -0.39 is 23.2 Å². The fraction of sp³-hybridized carbons (Fsp3) is 0.462. The molecule has 0 spiro atoms. The van der Waals surface area contributed by atoms with Crippen molar-refractivity contribution >= 4 is 23.7 Å². The summed E-state index contributed by atoms with van der Waals surface area (Å²) < 4.78 is 22.6. The first-order valence-corrected chi connectivity index (χ1v) is 16.7. The second-order valence-corrected chi connectivity index (χ2v) is 13.7. The van der Waals surface area contributed by atoms with Crippen LogP contribution in [0.5, 0.6) is 11.5 Å². The van der Waals surface area contributed by atoms with E-state index in [0.717, 1.165) is 24.8 Å². The van der Waals surface area contributed by atoms with Crippen LogP contribution < -0.4 is 14.4 Å². The molecule has 0 heterocycles. The van der Waals surface area contributed by atoms with Crippen molar-refractivity contribution in [3.05, 3.63) is 89.0 Å². The number of anilines is 1. The van der Waals surface area contributed by atoms with Gasteiger partial charge < -0.3 is 18.9 Å². The van der Waals surface area contributed by atoms with Crippen molar-refractivity contribution in [3.63, 3.8) is 0 Å². The molecule has 0 N–H and O–H groups in total. The van der Waals surface area contributed by atoms with Gasteiger partial charge in [0.15, 0.2) is 0 Å². The number of amides is 2. The van der Waals surface area contributed by atoms with E-state index in [1.807, 2.05) is 59.7 Å². The van der Waals surface area contributed by atoms with Crippen LogP contribution in [0.1, 0.15) is 87.9 Å². The molecule has 3 aromatic carbocycles. The van der Waals surface area contributed by atoms with Gasteiger partial charge in [-0.1, -0.05) is 30.3 Å². The number of esters is 1. The molecule has 258 valence electrons. The standard InChI is InChI=1S/C39H50N2O7/c1-9-41(37(44)48-38(3,4)5)39(6,7)26-47-31-19-17-28(18-20-31)36(43)40(25-35(42)46-10-2)34-24-32(45-8)21-22-33(34)30-16-15-27-13-11-12-14-29(27)23-30/h11-14,17-22,24,30H,9-10,15-16,23,25-26H2,1-8H3/t30-/m1/s1. The van der Waals surface area contributed by atoms with Crippen molar-refractivity contribution in [3.8, 4) is 11.5 Å². The number of benzene rings is 3. The molecule has 0 radical (unpaired) electrons. The molecule has 0 unspecified atom stereocenters. The average Bonchev–Trinajstić information content (AvgIpc) is 3.05. The lowest BCUT2D eigenvalue weighted by atomic mass is 9.79. The Hall–Kier alpha value is -4.53. The number of hydrogen-bond acceptors (Lipinski definition) is 7. The number of carbonyl (C=O) groups is 3. The van der Waals surface area contributed by atoms with Crippen LogP contribution in [0.2, 0.25) is 0 Å². The molecule has 48 heavy (non-hydrogen) atoms. The minimum atomic E-state index is -0.662. The first-order valence-electron chi connectivity index (χ1n) is 16.7. The Balaban J connectivity index is 1.59. The summed E-state index contributed by atoms with van der Waals surface area (Å²) >= 11 is 0. The highest BCUT2D eigenvalue weighted by molar-refractivity contribution is 6.09. The molecule has 2 amide bonds. The summed E-state index contributed by atoms with van der Waals surface area (Å²) in [7, 11) is 1.58. The zero-order valence-corrected chi connectivity index (χ0v) is 29.6. The predicted molar refractivity (Wildman–Crippen MR) is 187 cm³/mol. The Kier molecular flexibility index (Phi) is 11.8. The topological polar surface area (TPSA) is 94.6 Å². The van der Waals surface area contributed by atoms with Gasteiger partial charge in [-0.2, -0.15) is 0 Å². The summed E-state index contributed by atoms with van der Waals surface area (Å²) in [6.07, 6.45) is 2.28. The Labute approximate surface area is 285 Å². The summed E-state index contributed by atoms with van der Waals surface area (Å²) in [5.41, 5.74) is 3.36. The first kappa shape index (κ1) is 36.3. The number of hydrogen-bond donors (Lipinski definition) is 0. The highest BCUT2D eigenvalue weighted by atomic mass is 16.6. The third kappa shape index (κ3) is 9.08. The zero-order chi connectivity index (χ0) is 35.1. The molecule has 0 aliphatic heterocycles. The van der Waals surface area contributed by atoms with Gasteiger partial charge in [0.1, 0.15) is 30.3 Å². The molecule has 4 rings (SSSR count). The number of ether oxygens (including phenoxy) is 4. The molecule has 1 atom stereocenters. The van der Waals surface area contributed by atoms with E-state index in [0.29, 0.717) is 29.3 Å². The second kappa shape index (κ2) is 15.6. The monoisotopic (exact) mass is 658 g/mol. The smallest absolute Gasteiger partial charge is 0.410 e. The number of nitrogens with zero attached hydrogens (tertiary/aromatic N) is 2. The fourth-order valence-corrected chi connectivity index (χ4v) is 6.10. The first-order chi connectivity index (χ1) is 22.8. The lowest BCUT2D eigenvalue weighted by Crippen LogP contribution is -2.52. The highest BCUT2D eigenvalue weighted by Crippen LogP contribution is 2.39. The van der Waals surface area contributed by atoms with Gasteiger partial charge in [0, 0.05) is 18.2 Å². The SMILES string of the molecule is CCOC(=O)CN(C(=O)c1ccc(OCC(C)(C)N(CC)C(=O)OC(C)(C)C)cc1)c1cc(OC)ccc1[C@@H]1CCc2ccccc2C1. The van der Waals surface area contributed by atoms with Gasteiger partial charge >= 0.3 is 12.1 Å². The summed E-state index contributed by atoms with van der Waals surface area (Å²) in [4.78, 5) is 43.1. The number of rotatable bonds is 12. The van der Waals surface area contributed by atoms with E-state index in [1.165, 1.54) is 16.0 Å². The number of likely N-dealkylation sites (N-methyl/N-ethyl adjacent to an activating group) is 1. The van der Waals surface area contributed by atoms with E-state index in [4.69, 9.17) is 18.9 Å². The maximum absolute atomic E-state index is 14.2. The Morgan fingerprint density at radius 3 is 2.17 bits per heavy atom. The van der Waals surface area contributed by atoms with E-state index in [-0.39, 0.29) is 31.6 Å². The van der Waals surface area contributed by atoms with Crippen molar-refractivity contribution in [1.29, 1.82) is 0 Å². The van der Waals surface area contributed by atoms with Crippen molar-refractivity contribution in [2.45, 2.75) is 84.8 Å². The zero-order valence-electron chi connectivity index (χ0n) is 29.6. The van der Waals surface area contributed by atoms with Crippen LogP contribution in [0.3, 0.4) is 0 Å². The Bertz CT molecular complexity index is 1580. The van der Waals surface area contributed by atoms with Gasteiger partial charge in [-0.05, 0) is 121 Å². The maximum Gasteiger partial charge on any atom is 0.410 e. The minimum absolute atomic E-state index is 0.154. The van der Waals surface area contributed by atoms with Gasteiger partial charge in [-0.3, -0.25) is 19.4 Å². The molecule has 0 aromatic heterocycles. The summed E-state index contributed by atoms with van der Waals surface area (Å²) in [5, 5.41) is 0. The molecule has 0 bridgehead atoms. The molecule has 1 aliphatic carbocycles. The second-order valence-electron chi connectivity index (χ2n) is 13.7. The number of fused-ring (bicyclic) bond motifs is 1. The van der Waals surface area contributed by atoms with E-state index in [1.54, 1.807) is 43.2 Å². The fourth-order valence-electron chi connectivity index (χ4n) is 6.10. The van der Waals surface area contributed by atoms with Crippen LogP contribution in [0.15, 0.2) is 66.7 Å². The normalized spacial score (nSPS) is 14.4. The van der Waals surface area contributed by atoms with Crippen LogP contribution in [-0.4, -0.2) is 67.4 Å². The molecule has 9 heteroatoms. The molecule has 0 fully saturated rings. The van der Waals surface area contributed by atoms with Crippen LogP contribution in [0.25, 0.3) is 0 Å². The molecule has 9 nitrogen and oxygen atoms in total. The van der Waals surface area contributed by atoms with Crippen LogP contribution in [-0.2, 0) is 27.1 Å². The van der Waals surface area contributed by atoms with Crippen LogP contribution in [0, 0.1) is 0 Å². The molecule has 0 saturated heterocycles. The predicted octanol–water partition coefficient (Wildman–Crippen LogP) is 7.59. The third-order valence-corrected chi connectivity index (χ3v) is 8.51.